The molecule has 4 aliphatic carbocycles. The van der Waals surface area contributed by atoms with Crippen molar-refractivity contribution in [2.75, 3.05) is 0 Å². The first-order valence-electron chi connectivity index (χ1n) is 11.5. The third-order valence-electron chi connectivity index (χ3n) is 5.09. The van der Waals surface area contributed by atoms with Crippen LogP contribution in [-0.4, -0.2) is 10.9 Å². The van der Waals surface area contributed by atoms with E-state index in [0.717, 1.165) is 25.7 Å². The Morgan fingerprint density at radius 2 is 1.00 bits per heavy atom. The molecule has 0 saturated carbocycles. The van der Waals surface area contributed by atoms with E-state index in [4.69, 9.17) is 0 Å². The van der Waals surface area contributed by atoms with Gasteiger partial charge >= 0.3 is 83.7 Å². The van der Waals surface area contributed by atoms with Gasteiger partial charge in [-0.15, -0.1) is 12.8 Å². The van der Waals surface area contributed by atoms with Crippen LogP contribution in [0.1, 0.15) is 39.5 Å². The first-order chi connectivity index (χ1) is 15.2. The van der Waals surface area contributed by atoms with Gasteiger partial charge in [0.25, 0.3) is 0 Å². The van der Waals surface area contributed by atoms with E-state index < -0.39 is 0 Å². The number of hydrogen-bond acceptors (Lipinski definition) is 0. The number of hydrogen-bond donors (Lipinski definition) is 0. The smallest absolute Gasteiger partial charge is 1.00 e. The average Bonchev–Trinajstić information content (AvgIpc) is 3.53. The number of rotatable bonds is 4. The SMILES string of the molecule is CC(C1=[C-]CC=C1)C1=CC=CC1.CC(C1=[C-]CC=C1)C1=CC=CC1.C[Si](C)=[Zr].C[Si](C)=[Zr].[Cl-].[Cl-]. The van der Waals surface area contributed by atoms with Crippen molar-refractivity contribution in [3.05, 3.63) is 95.2 Å². The van der Waals surface area contributed by atoms with Crippen LogP contribution < -0.4 is 24.8 Å². The molecule has 0 radical (unpaired) electrons. The van der Waals surface area contributed by atoms with Crippen molar-refractivity contribution in [1.29, 1.82) is 0 Å². The predicted molar refractivity (Wildman–Crippen MR) is 138 cm³/mol. The van der Waals surface area contributed by atoms with E-state index in [1.807, 2.05) is 0 Å². The molecule has 4 rings (SSSR count). The Hall–Kier alpha value is 0.700. The quantitative estimate of drug-likeness (QED) is 0.315. The Labute approximate surface area is 252 Å². The standard InChI is InChI=1S/2C12H13.2C2H6Si.2ClH.2Zr/c2*1-10(11-6-2-3-7-11)12-8-4-5-9-12;2*1-3-2;;;;/h2*2-4,6,8,10H,5,7H2,1H3;2*1-2H3;2*1H;;/q2*-1;;;;;;/p-2. The molecule has 0 bridgehead atoms. The Bertz CT molecular complexity index is 821. The molecule has 0 heterocycles. The Morgan fingerprint density at radius 1 is 0.676 bits per heavy atom. The van der Waals surface area contributed by atoms with Gasteiger partial charge in [0.2, 0.25) is 0 Å². The zero-order valence-electron chi connectivity index (χ0n) is 21.5. The summed E-state index contributed by atoms with van der Waals surface area (Å²) < 4.78 is 0. The summed E-state index contributed by atoms with van der Waals surface area (Å²) in [6, 6.07) is 0. The minimum Gasteiger partial charge on any atom is -1.00 e. The van der Waals surface area contributed by atoms with E-state index in [-0.39, 0.29) is 35.7 Å². The van der Waals surface area contributed by atoms with Crippen molar-refractivity contribution < 1.29 is 71.5 Å². The molecular weight excluding hydrogens is 646 g/mol. The molecule has 0 fully saturated rings. The molecule has 0 N–H and O–H groups in total. The molecule has 34 heavy (non-hydrogen) atoms. The van der Waals surface area contributed by atoms with Crippen molar-refractivity contribution in [2.24, 2.45) is 11.8 Å². The van der Waals surface area contributed by atoms with Gasteiger partial charge in [0.15, 0.2) is 0 Å². The summed E-state index contributed by atoms with van der Waals surface area (Å²) in [6.07, 6.45) is 32.9. The Kier molecular flexibility index (Phi) is 23.6. The minimum atomic E-state index is 0. The molecule has 0 nitrogen and oxygen atoms in total. The van der Waals surface area contributed by atoms with Gasteiger partial charge in [0.05, 0.1) is 0 Å². The molecule has 0 aromatic heterocycles. The van der Waals surface area contributed by atoms with Crippen molar-refractivity contribution in [3.63, 3.8) is 0 Å². The van der Waals surface area contributed by atoms with Gasteiger partial charge in [-0.05, 0) is 24.7 Å². The van der Waals surface area contributed by atoms with E-state index in [2.05, 4.69) is 113 Å². The largest absolute Gasteiger partial charge is 1.00 e. The summed E-state index contributed by atoms with van der Waals surface area (Å²) in [5.74, 6) is 1.14. The zero-order chi connectivity index (χ0) is 23.9. The summed E-state index contributed by atoms with van der Waals surface area (Å²) in [4.78, 5) is 0. The van der Waals surface area contributed by atoms with Gasteiger partial charge in [0.1, 0.15) is 0 Å². The van der Waals surface area contributed by atoms with Crippen LogP contribution >= 0.6 is 0 Å². The monoisotopic (exact) mass is 680 g/mol. The van der Waals surface area contributed by atoms with E-state index >= 15 is 0 Å². The third kappa shape index (κ3) is 16.4. The molecule has 0 aliphatic heterocycles. The first-order valence-corrected chi connectivity index (χ1v) is 23.9. The summed E-state index contributed by atoms with van der Waals surface area (Å²) >= 11 is 3.48. The average molecular weight is 684 g/mol. The molecular formula is C28H38Cl2Si2Zr2-4. The Balaban J connectivity index is 0. The molecule has 0 saturated heterocycles. The minimum absolute atomic E-state index is 0. The first kappa shape index (κ1) is 36.9. The van der Waals surface area contributed by atoms with Gasteiger partial charge in [-0.1, -0.05) is 61.4 Å². The summed E-state index contributed by atoms with van der Waals surface area (Å²) in [7, 11) is 0. The van der Waals surface area contributed by atoms with Gasteiger partial charge in [0, 0.05) is 0 Å². The second-order valence-corrected chi connectivity index (χ2v) is 27.4. The fourth-order valence-corrected chi connectivity index (χ4v) is 3.41. The summed E-state index contributed by atoms with van der Waals surface area (Å²) in [6.45, 7) is 13.8. The molecule has 6 heteroatoms. The predicted octanol–water partition coefficient (Wildman–Crippen LogP) is 1.97. The van der Waals surface area contributed by atoms with Crippen molar-refractivity contribution in [2.45, 2.75) is 65.7 Å². The van der Waals surface area contributed by atoms with E-state index in [1.54, 1.807) is 46.7 Å². The molecule has 2 unspecified atom stereocenters. The van der Waals surface area contributed by atoms with Crippen molar-refractivity contribution in [3.8, 4) is 0 Å². The van der Waals surface area contributed by atoms with Gasteiger partial charge in [-0.2, -0.15) is 12.2 Å². The van der Waals surface area contributed by atoms with Crippen LogP contribution in [0.3, 0.4) is 0 Å². The molecule has 0 aromatic rings. The van der Waals surface area contributed by atoms with Crippen LogP contribution in [-0.2, 0) is 46.7 Å². The second-order valence-electron chi connectivity index (χ2n) is 8.67. The van der Waals surface area contributed by atoms with Crippen LogP contribution in [0.2, 0.25) is 26.2 Å². The second kappa shape index (κ2) is 21.8. The Morgan fingerprint density at radius 3 is 1.21 bits per heavy atom. The van der Waals surface area contributed by atoms with E-state index in [9.17, 15) is 0 Å². The van der Waals surface area contributed by atoms with Gasteiger partial charge < -0.3 is 24.8 Å². The van der Waals surface area contributed by atoms with Gasteiger partial charge in [-0.3, -0.25) is 12.2 Å². The molecule has 4 aliphatic rings. The molecule has 0 spiro atoms. The van der Waals surface area contributed by atoms with Crippen molar-refractivity contribution >= 4 is 10.9 Å². The van der Waals surface area contributed by atoms with E-state index in [1.165, 1.54) is 22.3 Å². The molecule has 2 atom stereocenters. The maximum atomic E-state index is 3.37. The van der Waals surface area contributed by atoms with Crippen molar-refractivity contribution in [1.82, 2.24) is 0 Å². The van der Waals surface area contributed by atoms with Crippen LogP contribution in [0.4, 0.5) is 0 Å². The molecule has 0 amide bonds. The number of halogens is 2. The van der Waals surface area contributed by atoms with Crippen LogP contribution in [0.5, 0.6) is 0 Å². The topological polar surface area (TPSA) is 0 Å². The van der Waals surface area contributed by atoms with Gasteiger partial charge in [-0.25, -0.2) is 23.3 Å². The third-order valence-corrected chi connectivity index (χ3v) is 5.09. The van der Waals surface area contributed by atoms with Crippen LogP contribution in [0.15, 0.2) is 83.1 Å². The normalized spacial score (nSPS) is 17.5. The molecule has 0 aromatic carbocycles. The fraction of sp³-hybridized carbons (Fsp3) is 0.429. The van der Waals surface area contributed by atoms with Crippen LogP contribution in [0.25, 0.3) is 0 Å². The maximum Gasteiger partial charge on any atom is -1.00 e. The zero-order valence-corrected chi connectivity index (χ0v) is 29.9. The fourth-order valence-electron chi connectivity index (χ4n) is 3.41. The summed E-state index contributed by atoms with van der Waals surface area (Å²) in [5, 5.41) is 0. The maximum absolute atomic E-state index is 3.37. The summed E-state index contributed by atoms with van der Waals surface area (Å²) in [5.41, 5.74) is 6.19. The number of allylic oxidation sites excluding steroid dienone is 16. The van der Waals surface area contributed by atoms with E-state index in [0.29, 0.717) is 11.8 Å². The van der Waals surface area contributed by atoms with Crippen LogP contribution in [0, 0.1) is 24.0 Å². The molecule has 184 valence electrons.